The van der Waals surface area contributed by atoms with E-state index in [0.717, 1.165) is 17.3 Å². The van der Waals surface area contributed by atoms with Crippen molar-refractivity contribution < 1.29 is 17.6 Å². The third kappa shape index (κ3) is 3.78. The van der Waals surface area contributed by atoms with Crippen LogP contribution in [-0.2, 0) is 14.8 Å². The first kappa shape index (κ1) is 18.5. The largest absolute Gasteiger partial charge is 0.326 e. The maximum absolute atomic E-state index is 13.9. The van der Waals surface area contributed by atoms with E-state index in [1.54, 1.807) is 0 Å². The van der Waals surface area contributed by atoms with Crippen LogP contribution in [0.3, 0.4) is 0 Å². The number of halogens is 1. The van der Waals surface area contributed by atoms with Crippen LogP contribution in [0.15, 0.2) is 53.4 Å². The molecule has 1 aliphatic heterocycles. The fourth-order valence-electron chi connectivity index (χ4n) is 3.10. The Labute approximate surface area is 152 Å². The van der Waals surface area contributed by atoms with Crippen molar-refractivity contribution in [3.8, 4) is 0 Å². The Bertz CT molecular complexity index is 907. The van der Waals surface area contributed by atoms with Crippen molar-refractivity contribution in [2.45, 2.75) is 24.7 Å². The van der Waals surface area contributed by atoms with E-state index in [0.29, 0.717) is 12.8 Å². The van der Waals surface area contributed by atoms with Crippen molar-refractivity contribution in [1.82, 2.24) is 4.31 Å². The second-order valence-electron chi connectivity index (χ2n) is 6.41. The smallest absolute Gasteiger partial charge is 0.245 e. The van der Waals surface area contributed by atoms with Gasteiger partial charge in [0.15, 0.2) is 0 Å². The summed E-state index contributed by atoms with van der Waals surface area (Å²) in [5.41, 5.74) is 1.74. The predicted octanol–water partition coefficient (Wildman–Crippen LogP) is 3.17. The molecule has 0 aliphatic carbocycles. The van der Waals surface area contributed by atoms with Gasteiger partial charge in [0.1, 0.15) is 10.7 Å². The summed E-state index contributed by atoms with van der Waals surface area (Å²) in [7, 11) is -3.88. The Hall–Kier alpha value is -2.25. The Balaban J connectivity index is 1.65. The lowest BCUT2D eigenvalue weighted by Crippen LogP contribution is -2.41. The summed E-state index contributed by atoms with van der Waals surface area (Å²) in [5.74, 6) is -1.13. The first-order valence-corrected chi connectivity index (χ1v) is 9.95. The van der Waals surface area contributed by atoms with Crippen molar-refractivity contribution in [3.05, 3.63) is 59.9 Å². The van der Waals surface area contributed by atoms with Crippen LogP contribution < -0.4 is 5.32 Å². The second-order valence-corrected chi connectivity index (χ2v) is 8.32. The Morgan fingerprint density at radius 1 is 1.08 bits per heavy atom. The van der Waals surface area contributed by atoms with Crippen LogP contribution >= 0.6 is 0 Å². The minimum absolute atomic E-state index is 0.109. The van der Waals surface area contributed by atoms with Gasteiger partial charge in [0.25, 0.3) is 0 Å². The van der Waals surface area contributed by atoms with E-state index in [4.69, 9.17) is 0 Å². The lowest BCUT2D eigenvalue weighted by molar-refractivity contribution is -0.120. The third-order valence-corrected chi connectivity index (χ3v) is 6.61. The van der Waals surface area contributed by atoms with Gasteiger partial charge in [0, 0.05) is 24.7 Å². The summed E-state index contributed by atoms with van der Waals surface area (Å²) < 4.78 is 40.3. The lowest BCUT2D eigenvalue weighted by Gasteiger charge is -2.30. The third-order valence-electron chi connectivity index (χ3n) is 4.68. The molecule has 0 saturated carbocycles. The maximum atomic E-state index is 13.9. The zero-order valence-electron chi connectivity index (χ0n) is 14.5. The molecule has 1 aliphatic rings. The van der Waals surface area contributed by atoms with Crippen LogP contribution in [0, 0.1) is 18.7 Å². The topological polar surface area (TPSA) is 66.5 Å². The fraction of sp³-hybridized carbons (Fsp3) is 0.316. The predicted molar refractivity (Wildman–Crippen MR) is 97.7 cm³/mol. The highest BCUT2D eigenvalue weighted by atomic mass is 32.2. The normalized spacial score (nSPS) is 16.4. The number of para-hydroxylation sites is 1. The standard InChI is InChI=1S/C19H21FN2O3S/c1-14-6-2-4-8-17(14)21-19(23)15-10-12-22(13-11-15)26(24,25)18-9-5-3-7-16(18)20/h2-9,15H,10-13H2,1H3,(H,21,23). The van der Waals surface area contributed by atoms with Crippen LogP contribution in [0.2, 0.25) is 0 Å². The van der Waals surface area contributed by atoms with E-state index in [1.807, 2.05) is 31.2 Å². The van der Waals surface area contributed by atoms with Crippen molar-refractivity contribution in [2.24, 2.45) is 5.92 Å². The number of anilines is 1. The number of hydrogen-bond acceptors (Lipinski definition) is 3. The molecule has 0 bridgehead atoms. The molecule has 26 heavy (non-hydrogen) atoms. The summed E-state index contributed by atoms with van der Waals surface area (Å²) in [6, 6.07) is 12.9. The van der Waals surface area contributed by atoms with E-state index in [-0.39, 0.29) is 29.8 Å². The Kier molecular flexibility index (Phi) is 5.38. The van der Waals surface area contributed by atoms with E-state index < -0.39 is 15.8 Å². The first-order chi connectivity index (χ1) is 12.4. The van der Waals surface area contributed by atoms with Crippen LogP contribution in [0.25, 0.3) is 0 Å². The Morgan fingerprint density at radius 2 is 1.69 bits per heavy atom. The van der Waals surface area contributed by atoms with Gasteiger partial charge in [-0.2, -0.15) is 4.31 Å². The highest BCUT2D eigenvalue weighted by molar-refractivity contribution is 7.89. The number of benzene rings is 2. The van der Waals surface area contributed by atoms with Gasteiger partial charge >= 0.3 is 0 Å². The molecule has 2 aromatic rings. The number of nitrogens with zero attached hydrogens (tertiary/aromatic N) is 1. The van der Waals surface area contributed by atoms with Gasteiger partial charge in [-0.15, -0.1) is 0 Å². The monoisotopic (exact) mass is 376 g/mol. The molecule has 0 unspecified atom stereocenters. The summed E-state index contributed by atoms with van der Waals surface area (Å²) in [6.07, 6.45) is 0.816. The van der Waals surface area contributed by atoms with E-state index in [9.17, 15) is 17.6 Å². The number of carbonyl (C=O) groups excluding carboxylic acids is 1. The van der Waals surface area contributed by atoms with Crippen LogP contribution in [-0.4, -0.2) is 31.7 Å². The molecular formula is C19H21FN2O3S. The van der Waals surface area contributed by atoms with Crippen molar-refractivity contribution in [1.29, 1.82) is 0 Å². The molecule has 5 nitrogen and oxygen atoms in total. The van der Waals surface area contributed by atoms with Crippen molar-refractivity contribution in [2.75, 3.05) is 18.4 Å². The molecule has 3 rings (SSSR count). The van der Waals surface area contributed by atoms with Gasteiger partial charge < -0.3 is 5.32 Å². The second kappa shape index (κ2) is 7.55. The highest BCUT2D eigenvalue weighted by Gasteiger charge is 2.33. The molecule has 1 fully saturated rings. The molecule has 1 heterocycles. The number of sulfonamides is 1. The SMILES string of the molecule is Cc1ccccc1NC(=O)C1CCN(S(=O)(=O)c2ccccc2F)CC1. The summed E-state index contributed by atoms with van der Waals surface area (Å²) in [5, 5.41) is 2.91. The lowest BCUT2D eigenvalue weighted by atomic mass is 9.97. The number of nitrogens with one attached hydrogen (secondary N) is 1. The molecule has 1 saturated heterocycles. The molecule has 138 valence electrons. The van der Waals surface area contributed by atoms with E-state index in [2.05, 4.69) is 5.32 Å². The summed E-state index contributed by atoms with van der Waals surface area (Å²) in [6.45, 7) is 2.31. The molecule has 0 aromatic heterocycles. The minimum Gasteiger partial charge on any atom is -0.326 e. The van der Waals surface area contributed by atoms with Gasteiger partial charge in [0.2, 0.25) is 15.9 Å². The molecule has 1 N–H and O–H groups in total. The zero-order valence-corrected chi connectivity index (χ0v) is 15.3. The van der Waals surface area contributed by atoms with E-state index in [1.165, 1.54) is 22.5 Å². The molecular weight excluding hydrogens is 355 g/mol. The minimum atomic E-state index is -3.88. The number of hydrogen-bond donors (Lipinski definition) is 1. The molecule has 7 heteroatoms. The molecule has 0 atom stereocenters. The van der Waals surface area contributed by atoms with Gasteiger partial charge in [0.05, 0.1) is 0 Å². The summed E-state index contributed by atoms with van der Waals surface area (Å²) >= 11 is 0. The van der Waals surface area contributed by atoms with Crippen molar-refractivity contribution >= 4 is 21.6 Å². The molecule has 2 aromatic carbocycles. The van der Waals surface area contributed by atoms with Gasteiger partial charge in [-0.3, -0.25) is 4.79 Å². The van der Waals surface area contributed by atoms with Gasteiger partial charge in [-0.1, -0.05) is 30.3 Å². The molecule has 0 radical (unpaired) electrons. The summed E-state index contributed by atoms with van der Waals surface area (Å²) in [4.78, 5) is 12.1. The fourth-order valence-corrected chi connectivity index (χ4v) is 4.63. The number of carbonyl (C=O) groups is 1. The van der Waals surface area contributed by atoms with Crippen molar-refractivity contribution in [3.63, 3.8) is 0 Å². The number of amides is 1. The molecule has 0 spiro atoms. The zero-order chi connectivity index (χ0) is 18.7. The Morgan fingerprint density at radius 3 is 2.35 bits per heavy atom. The maximum Gasteiger partial charge on any atom is 0.245 e. The van der Waals surface area contributed by atoms with Crippen LogP contribution in [0.1, 0.15) is 18.4 Å². The van der Waals surface area contributed by atoms with Crippen LogP contribution in [0.5, 0.6) is 0 Å². The quantitative estimate of drug-likeness (QED) is 0.891. The number of piperidine rings is 1. The first-order valence-electron chi connectivity index (χ1n) is 8.51. The van der Waals surface area contributed by atoms with Gasteiger partial charge in [-0.25, -0.2) is 12.8 Å². The average molecular weight is 376 g/mol. The average Bonchev–Trinajstić information content (AvgIpc) is 2.64. The van der Waals surface area contributed by atoms with Gasteiger partial charge in [-0.05, 0) is 43.5 Å². The number of rotatable bonds is 4. The molecule has 1 amide bonds. The van der Waals surface area contributed by atoms with Crippen LogP contribution in [0.4, 0.5) is 10.1 Å². The highest BCUT2D eigenvalue weighted by Crippen LogP contribution is 2.26. The number of aryl methyl sites for hydroxylation is 1. The van der Waals surface area contributed by atoms with E-state index >= 15 is 0 Å².